The van der Waals surface area contributed by atoms with Crippen LogP contribution in [-0.2, 0) is 13.1 Å². The summed E-state index contributed by atoms with van der Waals surface area (Å²) in [6, 6.07) is 11.5. The number of carbonyl (C=O) groups excluding carboxylic acids is 1. The molecule has 0 atom stereocenters. The first-order valence-corrected chi connectivity index (χ1v) is 10.2. The molecule has 3 aromatic rings. The molecule has 0 saturated heterocycles. The van der Waals surface area contributed by atoms with E-state index in [0.717, 1.165) is 24.2 Å². The second-order valence-electron chi connectivity index (χ2n) is 7.32. The molecule has 0 N–H and O–H groups in total. The van der Waals surface area contributed by atoms with Gasteiger partial charge in [-0.15, -0.1) is 0 Å². The Bertz CT molecular complexity index is 1030. The van der Waals surface area contributed by atoms with E-state index in [9.17, 15) is 9.18 Å². The van der Waals surface area contributed by atoms with Crippen molar-refractivity contribution in [3.05, 3.63) is 87.7 Å². The van der Waals surface area contributed by atoms with Gasteiger partial charge in [-0.1, -0.05) is 41.4 Å². The summed E-state index contributed by atoms with van der Waals surface area (Å²) in [5.74, 6) is 0.380. The van der Waals surface area contributed by atoms with Crippen molar-refractivity contribution in [2.75, 3.05) is 6.54 Å². The predicted octanol–water partition coefficient (Wildman–Crippen LogP) is 5.43. The van der Waals surface area contributed by atoms with Crippen molar-refractivity contribution in [3.8, 4) is 0 Å². The highest BCUT2D eigenvalue weighted by molar-refractivity contribution is 6.35. The number of carbonyl (C=O) groups is 1. The van der Waals surface area contributed by atoms with Crippen molar-refractivity contribution in [2.45, 2.75) is 25.9 Å². The van der Waals surface area contributed by atoms with Crippen LogP contribution in [-0.4, -0.2) is 26.9 Å². The lowest BCUT2D eigenvalue weighted by Crippen LogP contribution is -2.34. The normalized spacial score (nSPS) is 13.5. The first-order valence-electron chi connectivity index (χ1n) is 9.49. The summed E-state index contributed by atoms with van der Waals surface area (Å²) in [6.45, 7) is 1.42. The van der Waals surface area contributed by atoms with Crippen LogP contribution in [0.1, 0.15) is 34.6 Å². The van der Waals surface area contributed by atoms with Gasteiger partial charge in [0.1, 0.15) is 11.6 Å². The smallest absolute Gasteiger partial charge is 0.257 e. The molecule has 0 radical (unpaired) electrons. The fourth-order valence-corrected chi connectivity index (χ4v) is 3.74. The minimum atomic E-state index is -0.505. The molecule has 1 aliphatic carbocycles. The molecule has 150 valence electrons. The summed E-state index contributed by atoms with van der Waals surface area (Å²) in [6.07, 6.45) is 5.73. The van der Waals surface area contributed by atoms with Crippen molar-refractivity contribution < 1.29 is 9.18 Å². The maximum absolute atomic E-state index is 14.2. The molecule has 0 spiro atoms. The van der Waals surface area contributed by atoms with E-state index >= 15 is 0 Å². The monoisotopic (exact) mass is 431 g/mol. The van der Waals surface area contributed by atoms with Crippen LogP contribution in [0, 0.1) is 11.7 Å². The number of nitrogens with zero attached hydrogens (tertiary/aromatic N) is 3. The predicted molar refractivity (Wildman–Crippen MR) is 112 cm³/mol. The van der Waals surface area contributed by atoms with E-state index in [2.05, 4.69) is 4.98 Å². The Morgan fingerprint density at radius 3 is 2.72 bits per heavy atom. The third kappa shape index (κ3) is 4.80. The van der Waals surface area contributed by atoms with E-state index < -0.39 is 5.82 Å². The van der Waals surface area contributed by atoms with E-state index in [1.807, 2.05) is 16.8 Å². The van der Waals surface area contributed by atoms with Gasteiger partial charge in [0.15, 0.2) is 0 Å². The van der Waals surface area contributed by atoms with Gasteiger partial charge in [0, 0.05) is 29.0 Å². The van der Waals surface area contributed by atoms with Crippen molar-refractivity contribution in [3.63, 3.8) is 0 Å². The minimum Gasteiger partial charge on any atom is -0.331 e. The van der Waals surface area contributed by atoms with E-state index in [1.165, 1.54) is 12.1 Å². The van der Waals surface area contributed by atoms with Crippen LogP contribution in [0.15, 0.2) is 54.9 Å². The molecule has 4 rings (SSSR count). The molecular formula is C22H20Cl2FN3O. The highest BCUT2D eigenvalue weighted by Crippen LogP contribution is 2.31. The summed E-state index contributed by atoms with van der Waals surface area (Å²) in [7, 11) is 0. The lowest BCUT2D eigenvalue weighted by molar-refractivity contribution is 0.0724. The fourth-order valence-electron chi connectivity index (χ4n) is 3.28. The minimum absolute atomic E-state index is 0.0898. The van der Waals surface area contributed by atoms with Gasteiger partial charge >= 0.3 is 0 Å². The third-order valence-electron chi connectivity index (χ3n) is 5.06. The molecule has 4 nitrogen and oxygen atoms in total. The molecule has 1 amide bonds. The van der Waals surface area contributed by atoms with Crippen LogP contribution in [0.2, 0.25) is 10.0 Å². The molecule has 7 heteroatoms. The first kappa shape index (κ1) is 19.9. The Morgan fingerprint density at radius 1 is 1.21 bits per heavy atom. The Hall–Kier alpha value is -2.37. The van der Waals surface area contributed by atoms with Crippen LogP contribution in [0.25, 0.3) is 0 Å². The van der Waals surface area contributed by atoms with E-state index in [4.69, 9.17) is 23.2 Å². The lowest BCUT2D eigenvalue weighted by atomic mass is 10.1. The largest absolute Gasteiger partial charge is 0.331 e. The van der Waals surface area contributed by atoms with Gasteiger partial charge in [-0.2, -0.15) is 0 Å². The molecule has 2 aromatic carbocycles. The van der Waals surface area contributed by atoms with Gasteiger partial charge in [-0.3, -0.25) is 4.79 Å². The number of hydrogen-bond acceptors (Lipinski definition) is 2. The van der Waals surface area contributed by atoms with Crippen LogP contribution in [0.4, 0.5) is 4.39 Å². The maximum Gasteiger partial charge on any atom is 0.257 e. The van der Waals surface area contributed by atoms with Crippen molar-refractivity contribution in [2.24, 2.45) is 5.92 Å². The number of halogens is 3. The number of imidazole rings is 1. The van der Waals surface area contributed by atoms with Gasteiger partial charge in [0.05, 0.1) is 18.7 Å². The summed E-state index contributed by atoms with van der Waals surface area (Å²) < 4.78 is 16.1. The first-order chi connectivity index (χ1) is 14.0. The van der Waals surface area contributed by atoms with Gasteiger partial charge in [0.25, 0.3) is 5.91 Å². The molecule has 1 fully saturated rings. The topological polar surface area (TPSA) is 38.1 Å². The zero-order chi connectivity index (χ0) is 20.4. The highest BCUT2D eigenvalue weighted by atomic mass is 35.5. The number of rotatable bonds is 7. The van der Waals surface area contributed by atoms with Crippen LogP contribution >= 0.6 is 23.2 Å². The zero-order valence-corrected chi connectivity index (χ0v) is 17.2. The average Bonchev–Trinajstić information content (AvgIpc) is 3.41. The standard InChI is InChI=1S/C22H20Cl2FN3O/c23-17-8-7-16(19(24)11-17)13-27-10-9-26-21(27)14-28(12-15-5-6-15)22(29)18-3-1-2-4-20(18)25/h1-4,7-11,15H,5-6,12-14H2. The Labute approximate surface area is 178 Å². The van der Waals surface area contributed by atoms with Crippen molar-refractivity contribution >= 4 is 29.1 Å². The van der Waals surface area contributed by atoms with Crippen LogP contribution in [0.3, 0.4) is 0 Å². The molecule has 0 aliphatic heterocycles. The van der Waals surface area contributed by atoms with Crippen molar-refractivity contribution in [1.82, 2.24) is 14.5 Å². The maximum atomic E-state index is 14.2. The van der Waals surface area contributed by atoms with Crippen LogP contribution < -0.4 is 0 Å². The molecule has 29 heavy (non-hydrogen) atoms. The van der Waals surface area contributed by atoms with Crippen LogP contribution in [0.5, 0.6) is 0 Å². The van der Waals surface area contributed by atoms with Gasteiger partial charge in [-0.05, 0) is 48.6 Å². The molecule has 1 aromatic heterocycles. The summed E-state index contributed by atoms with van der Waals surface area (Å²) in [5, 5.41) is 1.16. The van der Waals surface area contributed by atoms with Gasteiger partial charge < -0.3 is 9.47 Å². The van der Waals surface area contributed by atoms with Crippen molar-refractivity contribution in [1.29, 1.82) is 0 Å². The zero-order valence-electron chi connectivity index (χ0n) is 15.7. The van der Waals surface area contributed by atoms with Gasteiger partial charge in [0.2, 0.25) is 0 Å². The summed E-state index contributed by atoms with van der Waals surface area (Å²) in [4.78, 5) is 19.2. The molecule has 0 unspecified atom stereocenters. The number of aromatic nitrogens is 2. The molecule has 1 aliphatic rings. The fraction of sp³-hybridized carbons (Fsp3) is 0.273. The molecule has 1 heterocycles. The van der Waals surface area contributed by atoms with Gasteiger partial charge in [-0.25, -0.2) is 9.37 Å². The Kier molecular flexibility index (Phi) is 5.88. The molecule has 1 saturated carbocycles. The number of hydrogen-bond donors (Lipinski definition) is 0. The quantitative estimate of drug-likeness (QED) is 0.500. The SMILES string of the molecule is O=C(c1ccccc1F)N(Cc1nccn1Cc1ccc(Cl)cc1Cl)CC1CC1. The lowest BCUT2D eigenvalue weighted by Gasteiger charge is -2.23. The second kappa shape index (κ2) is 8.56. The second-order valence-corrected chi connectivity index (χ2v) is 8.16. The van der Waals surface area contributed by atoms with E-state index in [1.54, 1.807) is 35.4 Å². The number of amides is 1. The molecular weight excluding hydrogens is 412 g/mol. The Balaban J connectivity index is 1.56. The highest BCUT2D eigenvalue weighted by Gasteiger charge is 2.29. The summed E-state index contributed by atoms with van der Waals surface area (Å²) in [5.41, 5.74) is 0.997. The third-order valence-corrected chi connectivity index (χ3v) is 5.64. The number of benzene rings is 2. The van der Waals surface area contributed by atoms with E-state index in [0.29, 0.717) is 35.6 Å². The summed E-state index contributed by atoms with van der Waals surface area (Å²) >= 11 is 12.3. The van der Waals surface area contributed by atoms with E-state index in [-0.39, 0.29) is 11.5 Å². The average molecular weight is 432 g/mol. The molecule has 0 bridgehead atoms. The Morgan fingerprint density at radius 2 is 2.00 bits per heavy atom.